The zero-order valence-corrected chi connectivity index (χ0v) is 20.5. The number of pyridine rings is 2. The van der Waals surface area contributed by atoms with Crippen molar-refractivity contribution in [1.82, 2.24) is 24.8 Å². The minimum Gasteiger partial charge on any atom is -0.481 e. The van der Waals surface area contributed by atoms with Gasteiger partial charge in [0, 0.05) is 56.3 Å². The van der Waals surface area contributed by atoms with Crippen LogP contribution in [0.5, 0.6) is 5.88 Å². The highest BCUT2D eigenvalue weighted by Gasteiger charge is 2.18. The molecule has 0 radical (unpaired) electrons. The SMILES string of the molecule is CCCOCCn1c(=O)c(N(C)CC(=O)NC[C@H](C)O)nc2ncc(-c3ccc(OC)nc3)cc21. The molecule has 1 atom stereocenters. The second-order valence-electron chi connectivity index (χ2n) is 8.17. The summed E-state index contributed by atoms with van der Waals surface area (Å²) < 4.78 is 12.3. The molecular weight excluding hydrogens is 452 g/mol. The molecule has 11 heteroatoms. The maximum atomic E-state index is 13.4. The van der Waals surface area contributed by atoms with Crippen LogP contribution in [0.1, 0.15) is 20.3 Å². The lowest BCUT2D eigenvalue weighted by molar-refractivity contribution is -0.120. The van der Waals surface area contributed by atoms with Crippen molar-refractivity contribution in [2.24, 2.45) is 0 Å². The van der Waals surface area contributed by atoms with E-state index in [4.69, 9.17) is 9.47 Å². The minimum atomic E-state index is -0.664. The fraction of sp³-hybridized carbons (Fsp3) is 0.458. The summed E-state index contributed by atoms with van der Waals surface area (Å²) >= 11 is 0. The third-order valence-electron chi connectivity index (χ3n) is 5.21. The van der Waals surface area contributed by atoms with Gasteiger partial charge in [-0.15, -0.1) is 0 Å². The molecule has 0 bridgehead atoms. The number of rotatable bonds is 12. The van der Waals surface area contributed by atoms with E-state index in [-0.39, 0.29) is 30.4 Å². The zero-order chi connectivity index (χ0) is 25.4. The van der Waals surface area contributed by atoms with Crippen molar-refractivity contribution >= 4 is 22.9 Å². The molecular formula is C24H32N6O5. The van der Waals surface area contributed by atoms with Crippen LogP contribution in [0.2, 0.25) is 0 Å². The van der Waals surface area contributed by atoms with Crippen LogP contribution >= 0.6 is 0 Å². The van der Waals surface area contributed by atoms with Gasteiger partial charge in [0.25, 0.3) is 5.56 Å². The van der Waals surface area contributed by atoms with Gasteiger partial charge < -0.3 is 24.8 Å². The quantitative estimate of drug-likeness (QED) is 0.364. The zero-order valence-electron chi connectivity index (χ0n) is 20.5. The van der Waals surface area contributed by atoms with Crippen LogP contribution in [0.4, 0.5) is 5.82 Å². The molecule has 0 fully saturated rings. The Balaban J connectivity index is 1.99. The average Bonchev–Trinajstić information content (AvgIpc) is 2.85. The lowest BCUT2D eigenvalue weighted by Crippen LogP contribution is -2.41. The molecule has 3 aromatic heterocycles. The highest BCUT2D eigenvalue weighted by molar-refractivity contribution is 5.82. The van der Waals surface area contributed by atoms with Gasteiger partial charge in [0.2, 0.25) is 11.8 Å². The molecule has 35 heavy (non-hydrogen) atoms. The predicted octanol–water partition coefficient (Wildman–Crippen LogP) is 1.22. The maximum absolute atomic E-state index is 13.4. The number of likely N-dealkylation sites (N-methyl/N-ethyl adjacent to an activating group) is 1. The number of hydrogen-bond donors (Lipinski definition) is 2. The van der Waals surface area contributed by atoms with Gasteiger partial charge in [-0.05, 0) is 25.5 Å². The molecule has 0 unspecified atom stereocenters. The van der Waals surface area contributed by atoms with E-state index in [9.17, 15) is 14.7 Å². The third-order valence-corrected chi connectivity index (χ3v) is 5.21. The number of carbonyl (C=O) groups is 1. The van der Waals surface area contributed by atoms with E-state index in [1.54, 1.807) is 44.1 Å². The first-order valence-electron chi connectivity index (χ1n) is 11.5. The lowest BCUT2D eigenvalue weighted by atomic mass is 10.1. The van der Waals surface area contributed by atoms with Crippen LogP contribution in [-0.2, 0) is 16.1 Å². The van der Waals surface area contributed by atoms with E-state index < -0.39 is 6.10 Å². The Labute approximate surface area is 203 Å². The lowest BCUT2D eigenvalue weighted by Gasteiger charge is -2.20. The second kappa shape index (κ2) is 12.2. The number of methoxy groups -OCH3 is 1. The van der Waals surface area contributed by atoms with Gasteiger partial charge in [0.15, 0.2) is 11.5 Å². The number of aliphatic hydroxyl groups excluding tert-OH is 1. The number of hydrogen-bond acceptors (Lipinski definition) is 9. The van der Waals surface area contributed by atoms with Crippen LogP contribution in [0.25, 0.3) is 22.3 Å². The molecule has 3 rings (SSSR count). The fourth-order valence-electron chi connectivity index (χ4n) is 3.42. The first-order chi connectivity index (χ1) is 16.8. The molecule has 0 aliphatic carbocycles. The molecule has 1 amide bonds. The summed E-state index contributed by atoms with van der Waals surface area (Å²) in [6.45, 7) is 4.87. The highest BCUT2D eigenvalue weighted by Crippen LogP contribution is 2.23. The summed E-state index contributed by atoms with van der Waals surface area (Å²) in [6, 6.07) is 5.46. The Morgan fingerprint density at radius 1 is 1.23 bits per heavy atom. The van der Waals surface area contributed by atoms with E-state index in [2.05, 4.69) is 20.3 Å². The predicted molar refractivity (Wildman–Crippen MR) is 133 cm³/mol. The van der Waals surface area contributed by atoms with Gasteiger partial charge in [-0.3, -0.25) is 14.2 Å². The van der Waals surface area contributed by atoms with Crippen molar-refractivity contribution in [2.45, 2.75) is 32.9 Å². The first kappa shape index (κ1) is 26.0. The van der Waals surface area contributed by atoms with Crippen molar-refractivity contribution in [2.75, 3.05) is 45.4 Å². The number of ether oxygens (including phenoxy) is 2. The molecule has 188 valence electrons. The second-order valence-corrected chi connectivity index (χ2v) is 8.17. The first-order valence-corrected chi connectivity index (χ1v) is 11.5. The van der Waals surface area contributed by atoms with Crippen molar-refractivity contribution in [3.63, 3.8) is 0 Å². The molecule has 0 aliphatic heterocycles. The van der Waals surface area contributed by atoms with Crippen LogP contribution in [0.3, 0.4) is 0 Å². The van der Waals surface area contributed by atoms with Crippen molar-refractivity contribution in [3.05, 3.63) is 40.9 Å². The number of aromatic nitrogens is 4. The summed E-state index contributed by atoms with van der Waals surface area (Å²) in [6.07, 6.45) is 3.55. The molecule has 3 aromatic rings. The van der Waals surface area contributed by atoms with E-state index in [1.165, 1.54) is 4.90 Å². The number of nitrogens with one attached hydrogen (secondary N) is 1. The van der Waals surface area contributed by atoms with Gasteiger partial charge >= 0.3 is 0 Å². The number of anilines is 1. The Morgan fingerprint density at radius 2 is 2.00 bits per heavy atom. The fourth-order valence-corrected chi connectivity index (χ4v) is 3.42. The van der Waals surface area contributed by atoms with Gasteiger partial charge in [-0.2, -0.15) is 0 Å². The van der Waals surface area contributed by atoms with E-state index in [0.29, 0.717) is 36.8 Å². The Kier molecular flexibility index (Phi) is 9.10. The number of amides is 1. The molecule has 0 saturated carbocycles. The Morgan fingerprint density at radius 3 is 2.66 bits per heavy atom. The smallest absolute Gasteiger partial charge is 0.294 e. The molecule has 0 saturated heterocycles. The van der Waals surface area contributed by atoms with Gasteiger partial charge in [0.1, 0.15) is 0 Å². The summed E-state index contributed by atoms with van der Waals surface area (Å²) in [5, 5.41) is 12.0. The molecule has 2 N–H and O–H groups in total. The van der Waals surface area contributed by atoms with Crippen molar-refractivity contribution in [1.29, 1.82) is 0 Å². The van der Waals surface area contributed by atoms with E-state index in [1.807, 2.05) is 19.1 Å². The molecule has 0 spiro atoms. The minimum absolute atomic E-state index is 0.0948. The van der Waals surface area contributed by atoms with Crippen LogP contribution < -0.4 is 20.5 Å². The average molecular weight is 485 g/mol. The standard InChI is InChI=1S/C24H32N6O5/c1-5-9-35-10-8-30-19-11-18(17-6-7-21(34-4)26-13-17)14-27-22(19)28-23(24(30)33)29(3)15-20(32)25-12-16(2)31/h6-7,11,13-14,16,31H,5,8-10,12,15H2,1-4H3,(H,25,32)/t16-/m0/s1. The highest BCUT2D eigenvalue weighted by atomic mass is 16.5. The van der Waals surface area contributed by atoms with Crippen LogP contribution in [0.15, 0.2) is 35.4 Å². The normalized spacial score (nSPS) is 11.9. The maximum Gasteiger partial charge on any atom is 0.294 e. The summed E-state index contributed by atoms with van der Waals surface area (Å²) in [5.74, 6) is 0.272. The number of fused-ring (bicyclic) bond motifs is 1. The van der Waals surface area contributed by atoms with Gasteiger partial charge in [-0.25, -0.2) is 15.0 Å². The largest absolute Gasteiger partial charge is 0.481 e. The summed E-state index contributed by atoms with van der Waals surface area (Å²) in [5.41, 5.74) is 2.17. The summed E-state index contributed by atoms with van der Waals surface area (Å²) in [4.78, 5) is 40.4. The van der Waals surface area contributed by atoms with Crippen LogP contribution in [-0.4, -0.2) is 77.1 Å². The molecule has 0 aliphatic rings. The molecule has 11 nitrogen and oxygen atoms in total. The number of carbonyl (C=O) groups excluding carboxylic acids is 1. The number of nitrogens with zero attached hydrogens (tertiary/aromatic N) is 5. The summed E-state index contributed by atoms with van der Waals surface area (Å²) in [7, 11) is 3.17. The van der Waals surface area contributed by atoms with Crippen LogP contribution in [0, 0.1) is 0 Å². The monoisotopic (exact) mass is 484 g/mol. The Bertz CT molecular complexity index is 1200. The van der Waals surface area contributed by atoms with E-state index in [0.717, 1.165) is 17.5 Å². The molecule has 0 aromatic carbocycles. The molecule has 3 heterocycles. The van der Waals surface area contributed by atoms with Crippen molar-refractivity contribution in [3.8, 4) is 17.0 Å². The van der Waals surface area contributed by atoms with Gasteiger partial charge in [-0.1, -0.05) is 6.92 Å². The third kappa shape index (κ3) is 6.74. The van der Waals surface area contributed by atoms with Gasteiger partial charge in [0.05, 0.1) is 31.9 Å². The Hall–Kier alpha value is -3.57. The topological polar surface area (TPSA) is 132 Å². The van der Waals surface area contributed by atoms with E-state index >= 15 is 0 Å². The number of aliphatic hydroxyl groups is 1. The van der Waals surface area contributed by atoms with Crippen molar-refractivity contribution < 1.29 is 19.4 Å².